The van der Waals surface area contributed by atoms with Crippen LogP contribution in [0.3, 0.4) is 0 Å². The number of ether oxygens (including phenoxy) is 4. The lowest BCUT2D eigenvalue weighted by Crippen LogP contribution is -2.40. The fourth-order valence-electron chi connectivity index (χ4n) is 5.61. The van der Waals surface area contributed by atoms with E-state index in [1.165, 1.54) is 18.3 Å². The van der Waals surface area contributed by atoms with E-state index in [0.29, 0.717) is 37.8 Å². The van der Waals surface area contributed by atoms with E-state index in [2.05, 4.69) is 4.57 Å². The minimum Gasteiger partial charge on any atom is -0.493 e. The molecule has 0 saturated carbocycles. The van der Waals surface area contributed by atoms with Crippen molar-refractivity contribution in [2.75, 3.05) is 13.7 Å². The highest BCUT2D eigenvalue weighted by atomic mass is 32.1. The number of aryl methyl sites for hydroxylation is 1. The van der Waals surface area contributed by atoms with Gasteiger partial charge in [-0.3, -0.25) is 14.2 Å². The number of benzene rings is 2. The van der Waals surface area contributed by atoms with Crippen LogP contribution in [0.15, 0.2) is 69.6 Å². The molecule has 0 N–H and O–H groups in total. The molecule has 11 heteroatoms. The molecule has 3 heterocycles. The van der Waals surface area contributed by atoms with E-state index < -0.39 is 12.0 Å². The Kier molecular flexibility index (Phi) is 9.34. The summed E-state index contributed by atoms with van der Waals surface area (Å²) in [5, 5.41) is 0. The number of hydrogen-bond donors (Lipinski definition) is 0. The molecule has 1 atom stereocenters. The van der Waals surface area contributed by atoms with Gasteiger partial charge in [0, 0.05) is 24.0 Å². The number of nitrogens with zero attached hydrogens (tertiary/aromatic N) is 3. The van der Waals surface area contributed by atoms with Crippen LogP contribution in [-0.2, 0) is 14.3 Å². The number of methoxy groups -OCH3 is 1. The van der Waals surface area contributed by atoms with Crippen molar-refractivity contribution in [2.24, 2.45) is 4.99 Å². The van der Waals surface area contributed by atoms with Crippen LogP contribution in [0.1, 0.15) is 63.2 Å². The maximum Gasteiger partial charge on any atom is 0.338 e. The average molecular weight is 644 g/mol. The second kappa shape index (κ2) is 13.2. The third kappa shape index (κ3) is 6.28. The van der Waals surface area contributed by atoms with E-state index in [1.54, 1.807) is 49.8 Å². The summed E-state index contributed by atoms with van der Waals surface area (Å²) >= 11 is 1.26. The topological polar surface area (TPSA) is 110 Å². The normalized spacial score (nSPS) is 14.6. The SMILES string of the molecule is CCOC(=O)C1=C(C)N=c2s/c(=C\c3cc(C)n(-c4ccc(OC(C)=O)cc4)c3C)c(=O)n2[C@@H]1c1ccc(OC(C)C)c(OC)c1. The van der Waals surface area contributed by atoms with Crippen molar-refractivity contribution in [3.63, 3.8) is 0 Å². The van der Waals surface area contributed by atoms with Crippen molar-refractivity contribution in [3.8, 4) is 22.9 Å². The molecule has 0 aliphatic carbocycles. The van der Waals surface area contributed by atoms with Crippen molar-refractivity contribution < 1.29 is 28.5 Å². The molecule has 2 aromatic carbocycles. The van der Waals surface area contributed by atoms with Gasteiger partial charge >= 0.3 is 11.9 Å². The molecule has 5 rings (SSSR count). The van der Waals surface area contributed by atoms with Crippen LogP contribution in [0.4, 0.5) is 0 Å². The van der Waals surface area contributed by atoms with E-state index in [1.807, 2.05) is 58.0 Å². The Hall–Kier alpha value is -4.90. The Bertz CT molecular complexity index is 2030. The van der Waals surface area contributed by atoms with Crippen LogP contribution in [0.25, 0.3) is 11.8 Å². The van der Waals surface area contributed by atoms with Gasteiger partial charge in [-0.05, 0) is 101 Å². The van der Waals surface area contributed by atoms with Gasteiger partial charge in [0.1, 0.15) is 5.75 Å². The molecule has 10 nitrogen and oxygen atoms in total. The summed E-state index contributed by atoms with van der Waals surface area (Å²) in [5.74, 6) is 0.593. The van der Waals surface area contributed by atoms with Gasteiger partial charge in [-0.25, -0.2) is 9.79 Å². The summed E-state index contributed by atoms with van der Waals surface area (Å²) in [7, 11) is 1.55. The number of thiazole rings is 1. The highest BCUT2D eigenvalue weighted by molar-refractivity contribution is 7.07. The zero-order valence-electron chi connectivity index (χ0n) is 27.2. The smallest absolute Gasteiger partial charge is 0.338 e. The first-order valence-electron chi connectivity index (χ1n) is 15.0. The van der Waals surface area contributed by atoms with Crippen molar-refractivity contribution in [1.29, 1.82) is 0 Å². The molecule has 0 unspecified atom stereocenters. The van der Waals surface area contributed by atoms with Gasteiger partial charge < -0.3 is 23.5 Å². The van der Waals surface area contributed by atoms with Gasteiger partial charge in [-0.15, -0.1) is 0 Å². The number of aromatic nitrogens is 2. The van der Waals surface area contributed by atoms with Crippen LogP contribution in [0.5, 0.6) is 17.2 Å². The minimum atomic E-state index is -0.789. The number of carbonyl (C=O) groups is 2. The Balaban J connectivity index is 1.64. The fourth-order valence-corrected chi connectivity index (χ4v) is 6.65. The van der Waals surface area contributed by atoms with Gasteiger partial charge in [0.2, 0.25) is 0 Å². The van der Waals surface area contributed by atoms with Crippen LogP contribution in [0.2, 0.25) is 0 Å². The summed E-state index contributed by atoms with van der Waals surface area (Å²) in [4.78, 5) is 44.0. The molecule has 46 heavy (non-hydrogen) atoms. The van der Waals surface area contributed by atoms with Crippen molar-refractivity contribution in [2.45, 2.75) is 60.6 Å². The largest absolute Gasteiger partial charge is 0.493 e. The molecule has 2 aromatic heterocycles. The first-order valence-corrected chi connectivity index (χ1v) is 15.8. The first-order chi connectivity index (χ1) is 21.9. The molecule has 0 spiro atoms. The molecule has 1 aliphatic heterocycles. The molecule has 0 bridgehead atoms. The standard InChI is InChI=1S/C35H37N3O7S/c1-9-43-34(41)31-21(5)36-35-38(32(31)24-10-15-28(44-19(2)3)29(17-24)42-8)33(40)30(46-35)18-25-16-20(4)37(22(25)6)26-11-13-27(14-12-26)45-23(7)39/h10-19,32H,9H2,1-8H3/b30-18-/t32-/m1/s1. The van der Waals surface area contributed by atoms with Gasteiger partial charge in [0.25, 0.3) is 5.56 Å². The molecule has 240 valence electrons. The van der Waals surface area contributed by atoms with Crippen LogP contribution >= 0.6 is 11.3 Å². The number of allylic oxidation sites excluding steroid dienone is 1. The second-order valence-corrected chi connectivity index (χ2v) is 12.1. The number of rotatable bonds is 9. The lowest BCUT2D eigenvalue weighted by Gasteiger charge is -2.25. The second-order valence-electron chi connectivity index (χ2n) is 11.1. The molecule has 4 aromatic rings. The lowest BCUT2D eigenvalue weighted by atomic mass is 9.95. The van der Waals surface area contributed by atoms with Gasteiger partial charge in [0.05, 0.1) is 41.7 Å². The number of fused-ring (bicyclic) bond motifs is 1. The van der Waals surface area contributed by atoms with E-state index in [9.17, 15) is 14.4 Å². The predicted octanol–water partition coefficient (Wildman–Crippen LogP) is 4.93. The fraction of sp³-hybridized carbons (Fsp3) is 0.314. The molecule has 0 amide bonds. The van der Waals surface area contributed by atoms with E-state index in [4.69, 9.17) is 23.9 Å². The lowest BCUT2D eigenvalue weighted by molar-refractivity contribution is -0.139. The Labute approximate surface area is 270 Å². The summed E-state index contributed by atoms with van der Waals surface area (Å²) in [6, 6.07) is 13.9. The Morgan fingerprint density at radius 1 is 1.04 bits per heavy atom. The first kappa shape index (κ1) is 32.5. The maximum absolute atomic E-state index is 14.2. The van der Waals surface area contributed by atoms with Crippen molar-refractivity contribution in [1.82, 2.24) is 9.13 Å². The molecular weight excluding hydrogens is 606 g/mol. The zero-order chi connectivity index (χ0) is 33.3. The average Bonchev–Trinajstić information content (AvgIpc) is 3.45. The minimum absolute atomic E-state index is 0.0725. The van der Waals surface area contributed by atoms with Crippen LogP contribution < -0.4 is 29.1 Å². The van der Waals surface area contributed by atoms with Gasteiger partial charge in [-0.1, -0.05) is 17.4 Å². The van der Waals surface area contributed by atoms with Crippen LogP contribution in [-0.4, -0.2) is 40.9 Å². The number of carbonyl (C=O) groups excluding carboxylic acids is 2. The van der Waals surface area contributed by atoms with Crippen molar-refractivity contribution in [3.05, 3.63) is 102 Å². The van der Waals surface area contributed by atoms with Gasteiger partial charge in [-0.2, -0.15) is 0 Å². The molecule has 1 aliphatic rings. The Morgan fingerprint density at radius 3 is 2.39 bits per heavy atom. The summed E-state index contributed by atoms with van der Waals surface area (Å²) in [6.45, 7) is 12.9. The third-order valence-corrected chi connectivity index (χ3v) is 8.48. The molecule has 0 saturated heterocycles. The van der Waals surface area contributed by atoms with Crippen LogP contribution in [0, 0.1) is 13.8 Å². The number of esters is 2. The molecule has 0 radical (unpaired) electrons. The quantitative estimate of drug-likeness (QED) is 0.188. The summed E-state index contributed by atoms with van der Waals surface area (Å²) < 4.78 is 26.3. The van der Waals surface area contributed by atoms with E-state index in [-0.39, 0.29) is 29.8 Å². The third-order valence-electron chi connectivity index (χ3n) is 7.50. The highest BCUT2D eigenvalue weighted by Crippen LogP contribution is 2.36. The van der Waals surface area contributed by atoms with E-state index >= 15 is 0 Å². The maximum atomic E-state index is 14.2. The van der Waals surface area contributed by atoms with Gasteiger partial charge in [0.15, 0.2) is 16.3 Å². The summed E-state index contributed by atoms with van der Waals surface area (Å²) in [5.41, 5.74) is 4.79. The summed E-state index contributed by atoms with van der Waals surface area (Å²) in [6.07, 6.45) is 1.79. The predicted molar refractivity (Wildman–Crippen MR) is 176 cm³/mol. The molecule has 0 fully saturated rings. The number of hydrogen-bond acceptors (Lipinski definition) is 9. The zero-order valence-corrected chi connectivity index (χ0v) is 28.0. The monoisotopic (exact) mass is 643 g/mol. The van der Waals surface area contributed by atoms with Crippen molar-refractivity contribution >= 4 is 29.4 Å². The van der Waals surface area contributed by atoms with E-state index in [0.717, 1.165) is 22.6 Å². The molecular formula is C35H37N3O7S. The highest BCUT2D eigenvalue weighted by Gasteiger charge is 2.34. The Morgan fingerprint density at radius 2 is 1.76 bits per heavy atom.